The number of thiophene rings is 1. The zero-order valence-electron chi connectivity index (χ0n) is 14.0. The number of fused-ring (bicyclic) bond motifs is 1. The van der Waals surface area contributed by atoms with Gasteiger partial charge in [-0.1, -0.05) is 18.2 Å². The van der Waals surface area contributed by atoms with E-state index in [1.54, 1.807) is 11.3 Å². The van der Waals surface area contributed by atoms with Crippen molar-refractivity contribution in [3.05, 3.63) is 54.2 Å². The van der Waals surface area contributed by atoms with Crippen LogP contribution in [0, 0.1) is 0 Å². The van der Waals surface area contributed by atoms with Gasteiger partial charge in [-0.05, 0) is 29.6 Å². The van der Waals surface area contributed by atoms with Crippen LogP contribution in [0.3, 0.4) is 0 Å². The van der Waals surface area contributed by atoms with Gasteiger partial charge < -0.3 is 10.6 Å². The smallest absolute Gasteiger partial charge is 0.165 e. The minimum absolute atomic E-state index is 0.449. The lowest BCUT2D eigenvalue weighted by Crippen LogP contribution is -2.08. The van der Waals surface area contributed by atoms with Crippen molar-refractivity contribution >= 4 is 33.9 Å². The Kier molecular flexibility index (Phi) is 3.82. The lowest BCUT2D eigenvalue weighted by atomic mass is 10.0. The van der Waals surface area contributed by atoms with Crippen molar-refractivity contribution in [2.24, 2.45) is 0 Å². The molecule has 4 aromatic rings. The molecule has 3 aromatic heterocycles. The van der Waals surface area contributed by atoms with Gasteiger partial charge in [-0.3, -0.25) is 0 Å². The molecule has 0 aliphatic rings. The number of anilines is 2. The Balaban J connectivity index is 1.96. The minimum atomic E-state index is 0.449. The van der Waals surface area contributed by atoms with Gasteiger partial charge in [0.15, 0.2) is 5.65 Å². The van der Waals surface area contributed by atoms with E-state index in [1.807, 2.05) is 26.2 Å². The molecule has 0 aliphatic heterocycles. The third-order valence-corrected chi connectivity index (χ3v) is 5.00. The number of benzene rings is 1. The highest BCUT2D eigenvalue weighted by Gasteiger charge is 2.14. The molecule has 124 valence electrons. The average molecular weight is 347 g/mol. The summed E-state index contributed by atoms with van der Waals surface area (Å²) >= 11 is 1.68. The van der Waals surface area contributed by atoms with Crippen molar-refractivity contribution in [1.29, 1.82) is 0 Å². The van der Waals surface area contributed by atoms with Crippen molar-refractivity contribution in [2.45, 2.75) is 0 Å². The molecule has 0 amide bonds. The second-order valence-corrected chi connectivity index (χ2v) is 6.88. The van der Waals surface area contributed by atoms with E-state index in [0.29, 0.717) is 11.5 Å². The summed E-state index contributed by atoms with van der Waals surface area (Å²) in [6.45, 7) is 0. The van der Waals surface area contributed by atoms with E-state index in [2.05, 4.69) is 50.6 Å². The van der Waals surface area contributed by atoms with E-state index >= 15 is 0 Å². The number of nitrogens with two attached hydrogens (primary N) is 1. The van der Waals surface area contributed by atoms with Gasteiger partial charge in [-0.25, -0.2) is 15.0 Å². The number of hydrogen-bond donors (Lipinski definition) is 1. The second-order valence-electron chi connectivity index (χ2n) is 5.93. The van der Waals surface area contributed by atoms with Crippen LogP contribution >= 0.6 is 11.3 Å². The largest absolute Gasteiger partial charge is 0.383 e. The van der Waals surface area contributed by atoms with Gasteiger partial charge in [0.2, 0.25) is 0 Å². The Morgan fingerprint density at radius 2 is 1.84 bits per heavy atom. The van der Waals surface area contributed by atoms with Gasteiger partial charge in [0.05, 0.1) is 11.1 Å². The monoisotopic (exact) mass is 347 g/mol. The van der Waals surface area contributed by atoms with Crippen LogP contribution in [0.5, 0.6) is 0 Å². The van der Waals surface area contributed by atoms with Crippen LogP contribution in [-0.2, 0) is 0 Å². The molecular weight excluding hydrogens is 330 g/mol. The molecule has 5 nitrogen and oxygen atoms in total. The highest BCUT2D eigenvalue weighted by atomic mass is 32.1. The first-order valence-electron chi connectivity index (χ1n) is 7.86. The third kappa shape index (κ3) is 2.81. The molecule has 4 rings (SSSR count). The Labute approximate surface area is 149 Å². The van der Waals surface area contributed by atoms with Gasteiger partial charge >= 0.3 is 0 Å². The Hall–Kier alpha value is -2.99. The topological polar surface area (TPSA) is 67.9 Å². The quantitative estimate of drug-likeness (QED) is 0.605. The summed E-state index contributed by atoms with van der Waals surface area (Å²) in [5, 5.41) is 2.84. The number of rotatable bonds is 3. The van der Waals surface area contributed by atoms with Gasteiger partial charge in [0.25, 0.3) is 0 Å². The standard InChI is InChI=1S/C19H17N5S/c1-24(2)13-7-5-12(6-8-13)17-14(16-4-3-9-25-16)10-15-18(20)21-11-22-19(15)23-17/h3-11H,1-2H3,(H2,20,21,22,23). The predicted molar refractivity (Wildman–Crippen MR) is 105 cm³/mol. The normalized spacial score (nSPS) is 11.0. The Morgan fingerprint density at radius 1 is 1.04 bits per heavy atom. The number of nitrogen functional groups attached to an aromatic ring is 1. The summed E-state index contributed by atoms with van der Waals surface area (Å²) in [7, 11) is 4.06. The predicted octanol–water partition coefficient (Wildman–Crippen LogP) is 4.07. The molecule has 0 bridgehead atoms. The fourth-order valence-electron chi connectivity index (χ4n) is 2.76. The van der Waals surface area contributed by atoms with Crippen molar-refractivity contribution in [1.82, 2.24) is 15.0 Å². The highest BCUT2D eigenvalue weighted by molar-refractivity contribution is 7.13. The van der Waals surface area contributed by atoms with Gasteiger partial charge in [-0.2, -0.15) is 0 Å². The lowest BCUT2D eigenvalue weighted by Gasteiger charge is -2.14. The highest BCUT2D eigenvalue weighted by Crippen LogP contribution is 2.36. The van der Waals surface area contributed by atoms with E-state index in [4.69, 9.17) is 10.7 Å². The molecule has 25 heavy (non-hydrogen) atoms. The van der Waals surface area contributed by atoms with E-state index < -0.39 is 0 Å². The van der Waals surface area contributed by atoms with Crippen LogP contribution in [0.4, 0.5) is 11.5 Å². The molecule has 0 saturated heterocycles. The van der Waals surface area contributed by atoms with Crippen LogP contribution in [0.15, 0.2) is 54.2 Å². The molecule has 6 heteroatoms. The van der Waals surface area contributed by atoms with Crippen molar-refractivity contribution in [3.8, 4) is 21.7 Å². The van der Waals surface area contributed by atoms with Gasteiger partial charge in [0.1, 0.15) is 12.1 Å². The maximum atomic E-state index is 6.03. The van der Waals surface area contributed by atoms with Gasteiger partial charge in [-0.15, -0.1) is 11.3 Å². The van der Waals surface area contributed by atoms with Crippen LogP contribution in [0.25, 0.3) is 32.7 Å². The van der Waals surface area contributed by atoms with E-state index in [-0.39, 0.29) is 0 Å². The van der Waals surface area contributed by atoms with E-state index in [9.17, 15) is 0 Å². The maximum absolute atomic E-state index is 6.03. The van der Waals surface area contributed by atoms with Crippen molar-refractivity contribution < 1.29 is 0 Å². The molecule has 0 spiro atoms. The summed E-state index contributed by atoms with van der Waals surface area (Å²) < 4.78 is 0. The molecular formula is C19H17N5S. The van der Waals surface area contributed by atoms with Crippen molar-refractivity contribution in [2.75, 3.05) is 24.7 Å². The molecule has 0 unspecified atom stereocenters. The molecule has 0 atom stereocenters. The summed E-state index contributed by atoms with van der Waals surface area (Å²) in [5.74, 6) is 0.449. The Bertz CT molecular complexity index is 1020. The summed E-state index contributed by atoms with van der Waals surface area (Å²) in [5.41, 5.74) is 10.8. The van der Waals surface area contributed by atoms with Gasteiger partial charge in [0, 0.05) is 35.8 Å². The summed E-state index contributed by atoms with van der Waals surface area (Å²) in [4.78, 5) is 16.4. The molecule has 0 radical (unpaired) electrons. The van der Waals surface area contributed by atoms with Crippen molar-refractivity contribution in [3.63, 3.8) is 0 Å². The molecule has 2 N–H and O–H groups in total. The minimum Gasteiger partial charge on any atom is -0.383 e. The Morgan fingerprint density at radius 3 is 2.52 bits per heavy atom. The molecule has 0 fully saturated rings. The molecule has 1 aromatic carbocycles. The first kappa shape index (κ1) is 15.5. The van der Waals surface area contributed by atoms with Crippen LogP contribution in [0.2, 0.25) is 0 Å². The first-order valence-corrected chi connectivity index (χ1v) is 8.74. The molecule has 0 saturated carbocycles. The van der Waals surface area contributed by atoms with Crippen LogP contribution < -0.4 is 10.6 Å². The molecule has 3 heterocycles. The SMILES string of the molecule is CN(C)c1ccc(-c2nc3ncnc(N)c3cc2-c2cccs2)cc1. The van der Waals surface area contributed by atoms with Crippen LogP contribution in [-0.4, -0.2) is 29.0 Å². The van der Waals surface area contributed by atoms with Crippen LogP contribution in [0.1, 0.15) is 0 Å². The van der Waals surface area contributed by atoms with E-state index in [1.165, 1.54) is 6.33 Å². The second kappa shape index (κ2) is 6.14. The zero-order chi connectivity index (χ0) is 17.4. The fourth-order valence-corrected chi connectivity index (χ4v) is 3.51. The molecule has 0 aliphatic carbocycles. The summed E-state index contributed by atoms with van der Waals surface area (Å²) in [6.07, 6.45) is 1.45. The lowest BCUT2D eigenvalue weighted by molar-refractivity contribution is 1.13. The first-order chi connectivity index (χ1) is 12.1. The third-order valence-electron chi connectivity index (χ3n) is 4.10. The fraction of sp³-hybridized carbons (Fsp3) is 0.105. The number of hydrogen-bond acceptors (Lipinski definition) is 6. The van der Waals surface area contributed by atoms with E-state index in [0.717, 1.165) is 32.8 Å². The number of aromatic nitrogens is 3. The number of nitrogens with zero attached hydrogens (tertiary/aromatic N) is 4. The zero-order valence-corrected chi connectivity index (χ0v) is 14.8. The number of pyridine rings is 1. The maximum Gasteiger partial charge on any atom is 0.165 e. The average Bonchev–Trinajstić information content (AvgIpc) is 3.16. The summed E-state index contributed by atoms with van der Waals surface area (Å²) in [6, 6.07) is 14.5.